The molecular weight excluding hydrogens is 402 g/mol. The van der Waals surface area contributed by atoms with Gasteiger partial charge in [0.2, 0.25) is 0 Å². The van der Waals surface area contributed by atoms with Gasteiger partial charge in [-0.05, 0) is 68.8 Å². The van der Waals surface area contributed by atoms with Crippen LogP contribution in [-0.4, -0.2) is 6.29 Å². The fourth-order valence-electron chi connectivity index (χ4n) is 1.42. The first-order valence-corrected chi connectivity index (χ1v) is 6.21. The van der Waals surface area contributed by atoms with E-state index in [0.717, 1.165) is 20.8 Å². The van der Waals surface area contributed by atoms with Crippen LogP contribution in [0.5, 0.6) is 0 Å². The number of aldehydes is 1. The highest BCUT2D eigenvalue weighted by molar-refractivity contribution is 14.1. The number of carbonyl (C=O) groups is 1. The lowest BCUT2D eigenvalue weighted by molar-refractivity contribution is 0.112. The van der Waals surface area contributed by atoms with Gasteiger partial charge in [-0.25, -0.2) is 0 Å². The number of benzene rings is 2. The summed E-state index contributed by atoms with van der Waals surface area (Å²) in [4.78, 5) is 10.7. The molecule has 0 atom stereocenters. The van der Waals surface area contributed by atoms with Crippen molar-refractivity contribution >= 4 is 62.2 Å². The average molecular weight is 408 g/mol. The number of hydrogen-bond donors (Lipinski definition) is 0. The van der Waals surface area contributed by atoms with Gasteiger partial charge in [-0.15, -0.1) is 0 Å². The van der Waals surface area contributed by atoms with E-state index in [4.69, 9.17) is 0 Å². The molecule has 3 heteroatoms. The Morgan fingerprint density at radius 1 is 1.07 bits per heavy atom. The predicted molar refractivity (Wildman–Crippen MR) is 74.8 cm³/mol. The maximum Gasteiger partial charge on any atom is 0.150 e. The van der Waals surface area contributed by atoms with E-state index in [0.29, 0.717) is 0 Å². The van der Waals surface area contributed by atoms with Crippen LogP contribution in [0.4, 0.5) is 0 Å². The third-order valence-electron chi connectivity index (χ3n) is 2.04. The van der Waals surface area contributed by atoms with Crippen molar-refractivity contribution in [2.24, 2.45) is 0 Å². The molecule has 2 aromatic carbocycles. The highest BCUT2D eigenvalue weighted by atomic mass is 127. The lowest BCUT2D eigenvalue weighted by Gasteiger charge is -2.04. The van der Waals surface area contributed by atoms with E-state index < -0.39 is 0 Å². The smallest absolute Gasteiger partial charge is 0.150 e. The maximum atomic E-state index is 10.7. The Morgan fingerprint density at radius 2 is 1.86 bits per heavy atom. The Bertz CT molecular complexity index is 506. The lowest BCUT2D eigenvalue weighted by Crippen LogP contribution is -1.86. The van der Waals surface area contributed by atoms with Crippen LogP contribution in [0.3, 0.4) is 0 Å². The van der Waals surface area contributed by atoms with Gasteiger partial charge in [0.25, 0.3) is 0 Å². The SMILES string of the molecule is O=Cc1cc(I)c2c(I)cccc2c1. The summed E-state index contributed by atoms with van der Waals surface area (Å²) < 4.78 is 2.36. The molecule has 14 heavy (non-hydrogen) atoms. The number of fused-ring (bicyclic) bond motifs is 1. The molecule has 0 saturated heterocycles. The predicted octanol–water partition coefficient (Wildman–Crippen LogP) is 3.86. The summed E-state index contributed by atoms with van der Waals surface area (Å²) in [7, 11) is 0. The van der Waals surface area contributed by atoms with Gasteiger partial charge in [-0.1, -0.05) is 12.1 Å². The molecule has 2 aromatic rings. The number of hydrogen-bond acceptors (Lipinski definition) is 1. The van der Waals surface area contributed by atoms with Crippen LogP contribution < -0.4 is 0 Å². The zero-order valence-corrected chi connectivity index (χ0v) is 11.4. The van der Waals surface area contributed by atoms with Gasteiger partial charge in [0, 0.05) is 18.1 Å². The first-order valence-electron chi connectivity index (χ1n) is 4.05. The number of carbonyl (C=O) groups excluding carboxylic acids is 1. The van der Waals surface area contributed by atoms with Gasteiger partial charge >= 0.3 is 0 Å². The fourth-order valence-corrected chi connectivity index (χ4v) is 3.71. The van der Waals surface area contributed by atoms with Gasteiger partial charge in [0.05, 0.1) is 0 Å². The molecule has 0 saturated carbocycles. The first kappa shape index (κ1) is 10.4. The molecule has 0 aromatic heterocycles. The van der Waals surface area contributed by atoms with Crippen LogP contribution in [-0.2, 0) is 0 Å². The molecule has 0 aliphatic heterocycles. The van der Waals surface area contributed by atoms with Gasteiger partial charge in [-0.3, -0.25) is 4.79 Å². The van der Waals surface area contributed by atoms with Crippen LogP contribution in [0, 0.1) is 7.14 Å². The summed E-state index contributed by atoms with van der Waals surface area (Å²) in [5, 5.41) is 2.37. The van der Waals surface area contributed by atoms with Crippen molar-refractivity contribution in [3.63, 3.8) is 0 Å². The average Bonchev–Trinajstić information content (AvgIpc) is 2.17. The minimum absolute atomic E-state index is 0.740. The Labute approximate surface area is 109 Å². The standard InChI is InChI=1S/C11H6I2O/c12-9-3-1-2-8-4-7(6-14)5-10(13)11(8)9/h1-6H. The van der Waals surface area contributed by atoms with E-state index in [1.807, 2.05) is 24.3 Å². The summed E-state index contributed by atoms with van der Waals surface area (Å²) in [6.45, 7) is 0. The second-order valence-electron chi connectivity index (χ2n) is 2.96. The van der Waals surface area contributed by atoms with Crippen LogP contribution in [0.15, 0.2) is 30.3 Å². The van der Waals surface area contributed by atoms with Gasteiger partial charge in [-0.2, -0.15) is 0 Å². The zero-order chi connectivity index (χ0) is 10.1. The van der Waals surface area contributed by atoms with E-state index >= 15 is 0 Å². The quantitative estimate of drug-likeness (QED) is 0.518. The van der Waals surface area contributed by atoms with E-state index in [9.17, 15) is 4.79 Å². The molecule has 0 aliphatic carbocycles. The molecule has 0 N–H and O–H groups in total. The highest BCUT2D eigenvalue weighted by Crippen LogP contribution is 2.26. The summed E-state index contributed by atoms with van der Waals surface area (Å²) >= 11 is 4.58. The van der Waals surface area contributed by atoms with E-state index in [-0.39, 0.29) is 0 Å². The Morgan fingerprint density at radius 3 is 2.57 bits per heavy atom. The van der Waals surface area contributed by atoms with Crippen molar-refractivity contribution in [2.75, 3.05) is 0 Å². The van der Waals surface area contributed by atoms with Crippen molar-refractivity contribution < 1.29 is 4.79 Å². The molecule has 0 heterocycles. The van der Waals surface area contributed by atoms with Crippen molar-refractivity contribution in [2.45, 2.75) is 0 Å². The third-order valence-corrected chi connectivity index (χ3v) is 3.79. The molecular formula is C11H6I2O. The highest BCUT2D eigenvalue weighted by Gasteiger charge is 2.04. The molecule has 0 amide bonds. The van der Waals surface area contributed by atoms with Crippen LogP contribution in [0.2, 0.25) is 0 Å². The van der Waals surface area contributed by atoms with Gasteiger partial charge < -0.3 is 0 Å². The third kappa shape index (κ3) is 1.79. The Balaban J connectivity index is 2.89. The molecule has 70 valence electrons. The minimum atomic E-state index is 0.740. The summed E-state index contributed by atoms with van der Waals surface area (Å²) in [6.07, 6.45) is 0.890. The largest absolute Gasteiger partial charge is 0.298 e. The van der Waals surface area contributed by atoms with E-state index in [1.54, 1.807) is 0 Å². The zero-order valence-electron chi connectivity index (χ0n) is 7.13. The minimum Gasteiger partial charge on any atom is -0.298 e. The molecule has 0 bridgehead atoms. The summed E-state index contributed by atoms with van der Waals surface area (Å²) in [5.74, 6) is 0. The van der Waals surface area contributed by atoms with Crippen molar-refractivity contribution in [1.29, 1.82) is 0 Å². The molecule has 2 rings (SSSR count). The lowest BCUT2D eigenvalue weighted by atomic mass is 10.1. The van der Waals surface area contributed by atoms with E-state index in [1.165, 1.54) is 8.96 Å². The Hall–Kier alpha value is -0.170. The van der Waals surface area contributed by atoms with Gasteiger partial charge in [0.1, 0.15) is 6.29 Å². The summed E-state index contributed by atoms with van der Waals surface area (Å²) in [6, 6.07) is 9.96. The first-order chi connectivity index (χ1) is 6.72. The maximum absolute atomic E-state index is 10.7. The van der Waals surface area contributed by atoms with Gasteiger partial charge in [0.15, 0.2) is 0 Å². The van der Waals surface area contributed by atoms with Crippen LogP contribution in [0.1, 0.15) is 10.4 Å². The van der Waals surface area contributed by atoms with Crippen molar-refractivity contribution in [3.8, 4) is 0 Å². The molecule has 0 unspecified atom stereocenters. The normalized spacial score (nSPS) is 10.4. The van der Waals surface area contributed by atoms with Crippen molar-refractivity contribution in [1.82, 2.24) is 0 Å². The fraction of sp³-hybridized carbons (Fsp3) is 0. The topological polar surface area (TPSA) is 17.1 Å². The Kier molecular flexibility index (Phi) is 3.06. The second-order valence-corrected chi connectivity index (χ2v) is 5.28. The van der Waals surface area contributed by atoms with E-state index in [2.05, 4.69) is 51.2 Å². The molecule has 1 nitrogen and oxygen atoms in total. The number of rotatable bonds is 1. The second kappa shape index (κ2) is 4.14. The molecule has 0 fully saturated rings. The van der Waals surface area contributed by atoms with Crippen LogP contribution in [0.25, 0.3) is 10.8 Å². The van der Waals surface area contributed by atoms with Crippen molar-refractivity contribution in [3.05, 3.63) is 43.0 Å². The molecule has 0 spiro atoms. The number of halogens is 2. The molecule has 0 radical (unpaired) electrons. The summed E-state index contributed by atoms with van der Waals surface area (Å²) in [5.41, 5.74) is 0.740. The molecule has 0 aliphatic rings. The van der Waals surface area contributed by atoms with Crippen LogP contribution >= 0.6 is 45.2 Å². The monoisotopic (exact) mass is 408 g/mol.